The smallest absolute Gasteiger partial charge is 0.260 e. The Hall–Kier alpha value is -1.33. The molecule has 0 saturated heterocycles. The van der Waals surface area contributed by atoms with Crippen LogP contribution in [0.15, 0.2) is 39.0 Å². The fraction of sp³-hybridized carbons (Fsp3) is 0.400. The van der Waals surface area contributed by atoms with Crippen LogP contribution in [0.1, 0.15) is 32.0 Å². The number of hydrogen-bond acceptors (Lipinski definition) is 4. The molecule has 0 amide bonds. The summed E-state index contributed by atoms with van der Waals surface area (Å²) in [6.07, 6.45) is 1.61. The summed E-state index contributed by atoms with van der Waals surface area (Å²) in [4.78, 5) is 5.21. The lowest BCUT2D eigenvalue weighted by atomic mass is 10.1. The summed E-state index contributed by atoms with van der Waals surface area (Å²) < 4.78 is 18.8. The van der Waals surface area contributed by atoms with Crippen molar-refractivity contribution in [1.82, 2.24) is 10.3 Å². The molecule has 0 bridgehead atoms. The number of aryl methyl sites for hydroxylation is 1. The van der Waals surface area contributed by atoms with E-state index in [1.54, 1.807) is 18.4 Å². The topological polar surface area (TPSA) is 38.1 Å². The van der Waals surface area contributed by atoms with Gasteiger partial charge in [-0.3, -0.25) is 0 Å². The minimum Gasteiger partial charge on any atom is -0.439 e. The van der Waals surface area contributed by atoms with Crippen molar-refractivity contribution in [1.29, 1.82) is 0 Å². The van der Waals surface area contributed by atoms with Gasteiger partial charge in [-0.25, -0.2) is 9.37 Å². The van der Waals surface area contributed by atoms with Gasteiger partial charge in [0.25, 0.3) is 5.22 Å². The number of nitrogens with zero attached hydrogens (tertiary/aromatic N) is 1. The summed E-state index contributed by atoms with van der Waals surface area (Å²) in [6.45, 7) is 8.72. The van der Waals surface area contributed by atoms with E-state index in [1.807, 2.05) is 6.92 Å². The van der Waals surface area contributed by atoms with Crippen molar-refractivity contribution in [2.45, 2.75) is 49.9 Å². The van der Waals surface area contributed by atoms with Crippen molar-refractivity contribution in [3.05, 3.63) is 41.5 Å². The van der Waals surface area contributed by atoms with E-state index in [0.29, 0.717) is 11.8 Å². The van der Waals surface area contributed by atoms with E-state index in [0.717, 1.165) is 16.2 Å². The van der Waals surface area contributed by atoms with E-state index in [4.69, 9.17) is 4.42 Å². The van der Waals surface area contributed by atoms with Crippen molar-refractivity contribution < 1.29 is 8.81 Å². The van der Waals surface area contributed by atoms with Crippen molar-refractivity contribution in [3.63, 3.8) is 0 Å². The average Bonchev–Trinajstić information content (AvgIpc) is 2.74. The summed E-state index contributed by atoms with van der Waals surface area (Å²) in [7, 11) is 0. The molecule has 0 fully saturated rings. The fourth-order valence-corrected chi connectivity index (χ4v) is 2.49. The lowest BCUT2D eigenvalue weighted by molar-refractivity contribution is 0.421. The Labute approximate surface area is 123 Å². The molecule has 0 atom stereocenters. The second-order valence-corrected chi connectivity index (χ2v) is 6.71. The molecule has 1 aromatic heterocycles. The third kappa shape index (κ3) is 4.35. The van der Waals surface area contributed by atoms with E-state index in [1.165, 1.54) is 17.8 Å². The molecule has 0 radical (unpaired) electrons. The molecule has 2 aromatic rings. The number of aromatic nitrogens is 1. The first-order chi connectivity index (χ1) is 9.33. The first-order valence-corrected chi connectivity index (χ1v) is 7.28. The zero-order valence-electron chi connectivity index (χ0n) is 12.2. The molecule has 0 unspecified atom stereocenters. The van der Waals surface area contributed by atoms with Crippen molar-refractivity contribution >= 4 is 11.8 Å². The van der Waals surface area contributed by atoms with Gasteiger partial charge < -0.3 is 9.73 Å². The molecular formula is C15H19FN2OS. The van der Waals surface area contributed by atoms with E-state index in [9.17, 15) is 4.39 Å². The molecular weight excluding hydrogens is 275 g/mol. The van der Waals surface area contributed by atoms with Gasteiger partial charge in [0, 0.05) is 17.0 Å². The van der Waals surface area contributed by atoms with Gasteiger partial charge in [-0.05, 0) is 63.2 Å². The molecule has 0 aliphatic heterocycles. The minimum atomic E-state index is -0.233. The second kappa shape index (κ2) is 5.97. The Morgan fingerprint density at radius 3 is 2.70 bits per heavy atom. The van der Waals surface area contributed by atoms with E-state index < -0.39 is 0 Å². The molecule has 1 aromatic carbocycles. The number of hydrogen-bond donors (Lipinski definition) is 1. The number of rotatable bonds is 4. The first-order valence-electron chi connectivity index (χ1n) is 6.47. The normalized spacial score (nSPS) is 11.8. The molecule has 0 saturated carbocycles. The van der Waals surface area contributed by atoms with Crippen LogP contribution in [0.2, 0.25) is 0 Å². The van der Waals surface area contributed by atoms with Crippen LogP contribution in [0.25, 0.3) is 0 Å². The molecule has 1 heterocycles. The number of halogens is 1. The summed E-state index contributed by atoms with van der Waals surface area (Å²) in [5.41, 5.74) is 1.72. The van der Waals surface area contributed by atoms with Crippen LogP contribution >= 0.6 is 11.8 Å². The van der Waals surface area contributed by atoms with E-state index >= 15 is 0 Å². The van der Waals surface area contributed by atoms with Gasteiger partial charge in [0.15, 0.2) is 0 Å². The Kier molecular flexibility index (Phi) is 4.50. The summed E-state index contributed by atoms with van der Waals surface area (Å²) in [5, 5.41) is 3.94. The SMILES string of the molecule is Cc1coc(Sc2ccc(F)cc2CNC(C)(C)C)n1. The Morgan fingerprint density at radius 1 is 1.35 bits per heavy atom. The van der Waals surface area contributed by atoms with Crippen molar-refractivity contribution in [3.8, 4) is 0 Å². The lowest BCUT2D eigenvalue weighted by Gasteiger charge is -2.21. The van der Waals surface area contributed by atoms with E-state index in [2.05, 4.69) is 31.1 Å². The molecule has 0 aliphatic carbocycles. The second-order valence-electron chi connectivity index (χ2n) is 5.71. The third-order valence-electron chi connectivity index (χ3n) is 2.63. The standard InChI is InChI=1S/C15H19FN2OS/c1-10-9-19-14(18-10)20-13-6-5-12(16)7-11(13)8-17-15(2,3)4/h5-7,9,17H,8H2,1-4H3. The van der Waals surface area contributed by atoms with Crippen molar-refractivity contribution in [2.75, 3.05) is 0 Å². The largest absolute Gasteiger partial charge is 0.439 e. The van der Waals surface area contributed by atoms with Crippen LogP contribution in [0.3, 0.4) is 0 Å². The highest BCUT2D eigenvalue weighted by Crippen LogP contribution is 2.30. The Bertz CT molecular complexity index is 590. The molecule has 0 aliphatic rings. The highest BCUT2D eigenvalue weighted by atomic mass is 32.2. The monoisotopic (exact) mass is 294 g/mol. The van der Waals surface area contributed by atoms with E-state index in [-0.39, 0.29) is 11.4 Å². The van der Waals surface area contributed by atoms with Gasteiger partial charge in [0.05, 0.1) is 5.69 Å². The van der Waals surface area contributed by atoms with Gasteiger partial charge in [-0.2, -0.15) is 0 Å². The van der Waals surface area contributed by atoms with Crippen LogP contribution < -0.4 is 5.32 Å². The summed E-state index contributed by atoms with van der Waals surface area (Å²) in [5.74, 6) is -0.233. The molecule has 20 heavy (non-hydrogen) atoms. The van der Waals surface area contributed by atoms with Crippen molar-refractivity contribution in [2.24, 2.45) is 0 Å². The molecule has 5 heteroatoms. The average molecular weight is 294 g/mol. The number of nitrogens with one attached hydrogen (secondary N) is 1. The molecule has 1 N–H and O–H groups in total. The van der Waals surface area contributed by atoms with Crippen LogP contribution in [0.5, 0.6) is 0 Å². The highest BCUT2D eigenvalue weighted by molar-refractivity contribution is 7.99. The minimum absolute atomic E-state index is 0.0201. The molecule has 0 spiro atoms. The third-order valence-corrected chi connectivity index (χ3v) is 3.61. The molecule has 2 rings (SSSR count). The number of oxazole rings is 1. The lowest BCUT2D eigenvalue weighted by Crippen LogP contribution is -2.35. The van der Waals surface area contributed by atoms with Crippen LogP contribution in [0, 0.1) is 12.7 Å². The van der Waals surface area contributed by atoms with Gasteiger partial charge in [-0.15, -0.1) is 0 Å². The zero-order chi connectivity index (χ0) is 14.8. The molecule has 3 nitrogen and oxygen atoms in total. The van der Waals surface area contributed by atoms with Gasteiger partial charge in [0.1, 0.15) is 12.1 Å². The van der Waals surface area contributed by atoms with Gasteiger partial charge in [0.2, 0.25) is 0 Å². The summed E-state index contributed by atoms with van der Waals surface area (Å²) >= 11 is 1.41. The Morgan fingerprint density at radius 2 is 2.10 bits per heavy atom. The maximum absolute atomic E-state index is 13.4. The molecule has 108 valence electrons. The highest BCUT2D eigenvalue weighted by Gasteiger charge is 2.13. The quantitative estimate of drug-likeness (QED) is 0.919. The Balaban J connectivity index is 2.19. The summed E-state index contributed by atoms with van der Waals surface area (Å²) in [6, 6.07) is 4.77. The zero-order valence-corrected chi connectivity index (χ0v) is 13.0. The fourth-order valence-electron chi connectivity index (χ4n) is 1.62. The first kappa shape index (κ1) is 15.1. The number of benzene rings is 1. The maximum Gasteiger partial charge on any atom is 0.260 e. The van der Waals surface area contributed by atoms with Crippen LogP contribution in [0.4, 0.5) is 4.39 Å². The van der Waals surface area contributed by atoms with Crippen LogP contribution in [-0.2, 0) is 6.54 Å². The van der Waals surface area contributed by atoms with Crippen LogP contribution in [-0.4, -0.2) is 10.5 Å². The predicted molar refractivity (Wildman–Crippen MR) is 78.4 cm³/mol. The predicted octanol–water partition coefficient (Wildman–Crippen LogP) is 4.16. The van der Waals surface area contributed by atoms with Gasteiger partial charge in [-0.1, -0.05) is 0 Å². The maximum atomic E-state index is 13.4. The van der Waals surface area contributed by atoms with Gasteiger partial charge >= 0.3 is 0 Å².